The lowest BCUT2D eigenvalue weighted by Crippen LogP contribution is -2.43. The van der Waals surface area contributed by atoms with Gasteiger partial charge < -0.3 is 24.1 Å². The number of β-amino-alcohol motifs (C(OH)–C–C–N with tert-alkyl or cyclic N) is 1. The van der Waals surface area contributed by atoms with E-state index in [1.807, 2.05) is 0 Å². The zero-order chi connectivity index (χ0) is 26.4. The SMILES string of the molecule is COC(=O)[C@H]1CC(=O)CN1C(=O)OC(C)(C)C.COC(=O)[C@H]1C[C@@H](O)CN1C(=O)OC(C)(C)C. The molecule has 2 rings (SSSR count). The van der Waals surface area contributed by atoms with E-state index in [9.17, 15) is 29.1 Å². The van der Waals surface area contributed by atoms with Crippen molar-refractivity contribution in [2.75, 3.05) is 27.3 Å². The smallest absolute Gasteiger partial charge is 0.411 e. The fraction of sp³-hybridized carbons (Fsp3) is 0.773. The third kappa shape index (κ3) is 8.81. The molecule has 0 saturated carbocycles. The van der Waals surface area contributed by atoms with E-state index in [0.29, 0.717) is 0 Å². The highest BCUT2D eigenvalue weighted by Gasteiger charge is 2.42. The minimum Gasteiger partial charge on any atom is -0.467 e. The third-order valence-corrected chi connectivity index (χ3v) is 4.63. The van der Waals surface area contributed by atoms with Crippen molar-refractivity contribution < 1.29 is 48.0 Å². The molecule has 0 aromatic heterocycles. The van der Waals surface area contributed by atoms with Gasteiger partial charge in [-0.1, -0.05) is 0 Å². The van der Waals surface area contributed by atoms with Gasteiger partial charge in [0.05, 0.1) is 33.4 Å². The summed E-state index contributed by atoms with van der Waals surface area (Å²) in [5, 5.41) is 9.50. The summed E-state index contributed by atoms with van der Waals surface area (Å²) in [6, 6.07) is -1.62. The van der Waals surface area contributed by atoms with Crippen molar-refractivity contribution in [3.8, 4) is 0 Å². The Bertz CT molecular complexity index is 784. The number of Topliss-reactive ketones (excluding diaryl/α,β-unsaturated/α-hetero) is 1. The molecular formula is C22H36N2O10. The molecule has 0 aliphatic carbocycles. The van der Waals surface area contributed by atoms with E-state index in [1.54, 1.807) is 41.5 Å². The number of likely N-dealkylation sites (tertiary alicyclic amines) is 2. The van der Waals surface area contributed by atoms with Crippen LogP contribution in [0.15, 0.2) is 0 Å². The molecular weight excluding hydrogens is 452 g/mol. The van der Waals surface area contributed by atoms with E-state index in [2.05, 4.69) is 9.47 Å². The summed E-state index contributed by atoms with van der Waals surface area (Å²) in [7, 11) is 2.47. The fourth-order valence-corrected chi connectivity index (χ4v) is 3.25. The maximum absolute atomic E-state index is 11.8. The van der Waals surface area contributed by atoms with Crippen molar-refractivity contribution >= 4 is 29.9 Å². The molecule has 2 fully saturated rings. The lowest BCUT2D eigenvalue weighted by Gasteiger charge is -2.27. The molecule has 2 heterocycles. The Morgan fingerprint density at radius 1 is 0.824 bits per heavy atom. The van der Waals surface area contributed by atoms with Crippen molar-refractivity contribution in [2.45, 2.75) is 83.8 Å². The van der Waals surface area contributed by atoms with Crippen LogP contribution < -0.4 is 0 Å². The summed E-state index contributed by atoms with van der Waals surface area (Å²) in [6.45, 7) is 10.4. The molecule has 0 spiro atoms. The lowest BCUT2D eigenvalue weighted by atomic mass is 10.2. The van der Waals surface area contributed by atoms with Crippen LogP contribution in [0.1, 0.15) is 54.4 Å². The first kappa shape index (κ1) is 29.1. The molecule has 2 saturated heterocycles. The van der Waals surface area contributed by atoms with Crippen LogP contribution in [0.25, 0.3) is 0 Å². The number of carbonyl (C=O) groups excluding carboxylic acids is 5. The quantitative estimate of drug-likeness (QED) is 0.445. The number of carbonyl (C=O) groups is 5. The maximum Gasteiger partial charge on any atom is 0.411 e. The second kappa shape index (κ2) is 11.5. The summed E-state index contributed by atoms with van der Waals surface area (Å²) in [5.74, 6) is -1.31. The van der Waals surface area contributed by atoms with E-state index in [0.717, 1.165) is 4.90 Å². The molecule has 1 N–H and O–H groups in total. The molecule has 0 radical (unpaired) electrons. The molecule has 2 aliphatic rings. The Morgan fingerprint density at radius 3 is 1.71 bits per heavy atom. The van der Waals surface area contributed by atoms with Crippen LogP contribution >= 0.6 is 0 Å². The van der Waals surface area contributed by atoms with E-state index in [-0.39, 0.29) is 31.7 Å². The highest BCUT2D eigenvalue weighted by molar-refractivity contribution is 5.95. The number of ether oxygens (including phenoxy) is 4. The van der Waals surface area contributed by atoms with Crippen LogP contribution in [0.4, 0.5) is 9.59 Å². The summed E-state index contributed by atoms with van der Waals surface area (Å²) in [5.41, 5.74) is -1.30. The van der Waals surface area contributed by atoms with Gasteiger partial charge in [0, 0.05) is 12.8 Å². The average Bonchev–Trinajstić information content (AvgIpc) is 3.27. The molecule has 0 bridgehead atoms. The molecule has 3 atom stereocenters. The zero-order valence-electron chi connectivity index (χ0n) is 21.1. The minimum atomic E-state index is -0.859. The number of aliphatic hydroxyl groups is 1. The molecule has 0 unspecified atom stereocenters. The predicted octanol–water partition coefficient (Wildman–Crippen LogP) is 1.27. The molecule has 2 amide bonds. The maximum atomic E-state index is 11.8. The number of hydrogen-bond donors (Lipinski definition) is 1. The van der Waals surface area contributed by atoms with E-state index in [1.165, 1.54) is 19.1 Å². The lowest BCUT2D eigenvalue weighted by molar-refractivity contribution is -0.146. The Labute approximate surface area is 199 Å². The van der Waals surface area contributed by atoms with Gasteiger partial charge in [0.1, 0.15) is 23.3 Å². The highest BCUT2D eigenvalue weighted by atomic mass is 16.6. The number of methoxy groups -OCH3 is 2. The number of esters is 2. The molecule has 2 aliphatic heterocycles. The normalized spacial score (nSPS) is 22.5. The summed E-state index contributed by atoms with van der Waals surface area (Å²) < 4.78 is 19.4. The van der Waals surface area contributed by atoms with E-state index < -0.39 is 53.5 Å². The molecule has 12 heteroatoms. The Hall–Kier alpha value is -2.89. The number of nitrogens with zero attached hydrogens (tertiary/aromatic N) is 2. The predicted molar refractivity (Wildman–Crippen MR) is 118 cm³/mol. The molecule has 12 nitrogen and oxygen atoms in total. The van der Waals surface area contributed by atoms with Crippen molar-refractivity contribution in [1.29, 1.82) is 0 Å². The van der Waals surface area contributed by atoms with Gasteiger partial charge in [0.25, 0.3) is 0 Å². The Kier molecular flexibility index (Phi) is 9.85. The first-order valence-electron chi connectivity index (χ1n) is 10.8. The van der Waals surface area contributed by atoms with Crippen molar-refractivity contribution in [2.24, 2.45) is 0 Å². The molecule has 0 aromatic rings. The second-order valence-electron chi connectivity index (χ2n) is 9.95. The van der Waals surface area contributed by atoms with Gasteiger partial charge in [-0.25, -0.2) is 19.2 Å². The minimum absolute atomic E-state index is 0.00802. The first-order chi connectivity index (χ1) is 15.5. The highest BCUT2D eigenvalue weighted by Crippen LogP contribution is 2.22. The average molecular weight is 489 g/mol. The van der Waals surface area contributed by atoms with Gasteiger partial charge >= 0.3 is 24.1 Å². The standard InChI is InChI=1S/C11H19NO5.C11H17NO5/c2*1-11(2,3)17-10(15)12-6-7(13)5-8(12)9(14)16-4/h7-8,13H,5-6H2,1-4H3;8H,5-6H2,1-4H3/t7-,8-;8-/m11/s1. The van der Waals surface area contributed by atoms with Crippen molar-refractivity contribution in [3.05, 3.63) is 0 Å². The summed E-state index contributed by atoms with van der Waals surface area (Å²) in [4.78, 5) is 60.1. The topological polar surface area (TPSA) is 149 Å². The molecule has 0 aromatic carbocycles. The number of rotatable bonds is 2. The molecule has 34 heavy (non-hydrogen) atoms. The number of ketones is 1. The molecule has 194 valence electrons. The number of amides is 2. The second-order valence-corrected chi connectivity index (χ2v) is 9.95. The van der Waals surface area contributed by atoms with Crippen LogP contribution in [0.3, 0.4) is 0 Å². The first-order valence-corrected chi connectivity index (χ1v) is 10.8. The van der Waals surface area contributed by atoms with Gasteiger partial charge in [0.15, 0.2) is 5.78 Å². The van der Waals surface area contributed by atoms with E-state index >= 15 is 0 Å². The van der Waals surface area contributed by atoms with E-state index in [4.69, 9.17) is 9.47 Å². The van der Waals surface area contributed by atoms with Crippen LogP contribution in [-0.4, -0.2) is 102 Å². The zero-order valence-corrected chi connectivity index (χ0v) is 21.1. The van der Waals surface area contributed by atoms with Gasteiger partial charge in [0.2, 0.25) is 0 Å². The third-order valence-electron chi connectivity index (χ3n) is 4.63. The summed E-state index contributed by atoms with van der Waals surface area (Å²) >= 11 is 0. The summed E-state index contributed by atoms with van der Waals surface area (Å²) in [6.07, 6.45) is -1.81. The number of aliphatic hydroxyl groups excluding tert-OH is 1. The number of hydrogen-bond acceptors (Lipinski definition) is 10. The van der Waals surface area contributed by atoms with Gasteiger partial charge in [-0.3, -0.25) is 14.6 Å². The monoisotopic (exact) mass is 488 g/mol. The largest absolute Gasteiger partial charge is 0.467 e. The Morgan fingerprint density at radius 2 is 1.26 bits per heavy atom. The van der Waals surface area contributed by atoms with Crippen molar-refractivity contribution in [1.82, 2.24) is 9.80 Å². The van der Waals surface area contributed by atoms with Gasteiger partial charge in [-0.2, -0.15) is 0 Å². The van der Waals surface area contributed by atoms with Crippen LogP contribution in [-0.2, 0) is 33.3 Å². The van der Waals surface area contributed by atoms with Crippen LogP contribution in [0, 0.1) is 0 Å². The Balaban J connectivity index is 0.000000340. The fourth-order valence-electron chi connectivity index (χ4n) is 3.25. The van der Waals surface area contributed by atoms with Crippen molar-refractivity contribution in [3.63, 3.8) is 0 Å². The van der Waals surface area contributed by atoms with Gasteiger partial charge in [-0.05, 0) is 41.5 Å². The van der Waals surface area contributed by atoms with Crippen LogP contribution in [0.5, 0.6) is 0 Å². The van der Waals surface area contributed by atoms with Crippen LogP contribution in [0.2, 0.25) is 0 Å². The van der Waals surface area contributed by atoms with Gasteiger partial charge in [-0.15, -0.1) is 0 Å².